The number of aromatic hydroxyl groups is 1. The third-order valence-corrected chi connectivity index (χ3v) is 2.64. The molecule has 0 heterocycles. The van der Waals surface area contributed by atoms with Gasteiger partial charge in [-0.15, -0.1) is 0 Å². The molecule has 2 aromatic rings. The molecule has 0 aliphatic rings. The van der Waals surface area contributed by atoms with Gasteiger partial charge in [0.2, 0.25) is 0 Å². The summed E-state index contributed by atoms with van der Waals surface area (Å²) < 4.78 is 0. The first-order valence-electron chi connectivity index (χ1n) is 5.21. The second kappa shape index (κ2) is 4.98. The molecule has 0 aromatic heterocycles. The van der Waals surface area contributed by atoms with E-state index in [9.17, 15) is 9.90 Å². The van der Waals surface area contributed by atoms with E-state index in [1.165, 1.54) is 18.2 Å². The Morgan fingerprint density at radius 2 is 1.83 bits per heavy atom. The van der Waals surface area contributed by atoms with Gasteiger partial charge in [-0.25, -0.2) is 0 Å². The Bertz CT molecular complexity index is 582. The number of hydrogen-bond donors (Lipinski definition) is 3. The highest BCUT2D eigenvalue weighted by atomic mass is 35.5. The van der Waals surface area contributed by atoms with E-state index in [-0.39, 0.29) is 17.2 Å². The molecule has 0 atom stereocenters. The standard InChI is InChI=1S/C13H11ClN2O2/c14-8-1-3-9(4-2-8)16-13(18)11-7-10(17)5-6-12(11)15/h1-7,17H,15H2,(H,16,18). The van der Waals surface area contributed by atoms with Crippen LogP contribution in [0.2, 0.25) is 5.02 Å². The number of carbonyl (C=O) groups is 1. The highest BCUT2D eigenvalue weighted by Gasteiger charge is 2.10. The van der Waals surface area contributed by atoms with E-state index >= 15 is 0 Å². The quantitative estimate of drug-likeness (QED) is 0.575. The minimum absolute atomic E-state index is 0.00884. The molecular formula is C13H11ClN2O2. The molecule has 0 aliphatic carbocycles. The number of phenolic OH excluding ortho intramolecular Hbond substituents is 1. The first-order valence-corrected chi connectivity index (χ1v) is 5.59. The van der Waals surface area contributed by atoms with Crippen molar-refractivity contribution >= 4 is 28.9 Å². The molecule has 92 valence electrons. The fraction of sp³-hybridized carbons (Fsp3) is 0. The van der Waals surface area contributed by atoms with Crippen LogP contribution in [0.4, 0.5) is 11.4 Å². The molecule has 4 N–H and O–H groups in total. The summed E-state index contributed by atoms with van der Waals surface area (Å²) >= 11 is 5.75. The molecule has 0 bridgehead atoms. The second-order valence-corrected chi connectivity index (χ2v) is 4.17. The van der Waals surface area contributed by atoms with E-state index < -0.39 is 0 Å². The average Bonchev–Trinajstić information content (AvgIpc) is 2.35. The number of carbonyl (C=O) groups excluding carboxylic acids is 1. The van der Waals surface area contributed by atoms with Crippen molar-refractivity contribution < 1.29 is 9.90 Å². The molecule has 0 unspecified atom stereocenters. The van der Waals surface area contributed by atoms with Crippen LogP contribution in [0.5, 0.6) is 5.75 Å². The van der Waals surface area contributed by atoms with Crippen LogP contribution in [-0.2, 0) is 0 Å². The number of nitrogen functional groups attached to an aromatic ring is 1. The number of nitrogens with one attached hydrogen (secondary N) is 1. The molecule has 5 heteroatoms. The summed E-state index contributed by atoms with van der Waals surface area (Å²) in [6, 6.07) is 10.9. The SMILES string of the molecule is Nc1ccc(O)cc1C(=O)Nc1ccc(Cl)cc1. The van der Waals surface area contributed by atoms with Crippen molar-refractivity contribution in [1.82, 2.24) is 0 Å². The molecule has 1 amide bonds. The van der Waals surface area contributed by atoms with Crippen molar-refractivity contribution in [2.45, 2.75) is 0 Å². The van der Waals surface area contributed by atoms with Crippen molar-refractivity contribution in [3.8, 4) is 5.75 Å². The number of anilines is 2. The van der Waals surface area contributed by atoms with Crippen LogP contribution >= 0.6 is 11.6 Å². The number of halogens is 1. The number of hydrogen-bond acceptors (Lipinski definition) is 3. The van der Waals surface area contributed by atoms with Crippen LogP contribution < -0.4 is 11.1 Å². The van der Waals surface area contributed by atoms with E-state index in [1.807, 2.05) is 0 Å². The van der Waals surface area contributed by atoms with E-state index in [0.717, 1.165) is 0 Å². The maximum atomic E-state index is 11.9. The maximum absolute atomic E-state index is 11.9. The van der Waals surface area contributed by atoms with Crippen molar-refractivity contribution in [3.63, 3.8) is 0 Å². The first-order chi connectivity index (χ1) is 8.56. The summed E-state index contributed by atoms with van der Waals surface area (Å²) in [5, 5.41) is 12.6. The summed E-state index contributed by atoms with van der Waals surface area (Å²) in [7, 11) is 0. The van der Waals surface area contributed by atoms with Gasteiger partial charge in [0.1, 0.15) is 5.75 Å². The average molecular weight is 263 g/mol. The molecule has 2 rings (SSSR count). The van der Waals surface area contributed by atoms with Gasteiger partial charge < -0.3 is 16.2 Å². The monoisotopic (exact) mass is 262 g/mol. The fourth-order valence-electron chi connectivity index (χ4n) is 1.47. The van der Waals surface area contributed by atoms with Gasteiger partial charge >= 0.3 is 0 Å². The fourth-order valence-corrected chi connectivity index (χ4v) is 1.60. The summed E-state index contributed by atoms with van der Waals surface area (Å²) in [6.07, 6.45) is 0. The lowest BCUT2D eigenvalue weighted by atomic mass is 10.1. The van der Waals surface area contributed by atoms with Crippen LogP contribution in [0.15, 0.2) is 42.5 Å². The predicted molar refractivity (Wildman–Crippen MR) is 71.9 cm³/mol. The van der Waals surface area contributed by atoms with Gasteiger partial charge in [0, 0.05) is 16.4 Å². The Balaban J connectivity index is 2.21. The largest absolute Gasteiger partial charge is 0.508 e. The predicted octanol–water partition coefficient (Wildman–Crippen LogP) is 2.88. The summed E-state index contributed by atoms with van der Waals surface area (Å²) in [5.41, 5.74) is 6.81. The Labute approximate surface area is 109 Å². The molecule has 0 saturated carbocycles. The summed E-state index contributed by atoms with van der Waals surface area (Å²) in [4.78, 5) is 11.9. The molecule has 0 saturated heterocycles. The Morgan fingerprint density at radius 3 is 2.50 bits per heavy atom. The van der Waals surface area contributed by atoms with E-state index in [2.05, 4.69) is 5.32 Å². The lowest BCUT2D eigenvalue weighted by Crippen LogP contribution is -2.13. The van der Waals surface area contributed by atoms with Crippen molar-refractivity contribution in [1.29, 1.82) is 0 Å². The molecule has 0 radical (unpaired) electrons. The molecule has 18 heavy (non-hydrogen) atoms. The Kier molecular flexibility index (Phi) is 3.39. The molecule has 0 fully saturated rings. The van der Waals surface area contributed by atoms with Gasteiger partial charge in [0.25, 0.3) is 5.91 Å². The summed E-state index contributed by atoms with van der Waals surface area (Å²) in [5.74, 6) is -0.392. The molecule has 4 nitrogen and oxygen atoms in total. The highest BCUT2D eigenvalue weighted by Crippen LogP contribution is 2.20. The number of nitrogens with two attached hydrogens (primary N) is 1. The second-order valence-electron chi connectivity index (χ2n) is 3.73. The zero-order valence-electron chi connectivity index (χ0n) is 9.35. The van der Waals surface area contributed by atoms with Crippen molar-refractivity contribution in [3.05, 3.63) is 53.1 Å². The van der Waals surface area contributed by atoms with Crippen LogP contribution in [-0.4, -0.2) is 11.0 Å². The van der Waals surface area contributed by atoms with Gasteiger partial charge in [-0.2, -0.15) is 0 Å². The highest BCUT2D eigenvalue weighted by molar-refractivity contribution is 6.30. The number of rotatable bonds is 2. The Hall–Kier alpha value is -2.20. The van der Waals surface area contributed by atoms with Crippen LogP contribution in [0, 0.1) is 0 Å². The number of phenols is 1. The molecule has 2 aromatic carbocycles. The van der Waals surface area contributed by atoms with Crippen molar-refractivity contribution in [2.24, 2.45) is 0 Å². The maximum Gasteiger partial charge on any atom is 0.257 e. The van der Waals surface area contributed by atoms with E-state index in [1.54, 1.807) is 24.3 Å². The lowest BCUT2D eigenvalue weighted by Gasteiger charge is -2.08. The zero-order valence-corrected chi connectivity index (χ0v) is 10.1. The molecule has 0 spiro atoms. The zero-order chi connectivity index (χ0) is 13.1. The van der Waals surface area contributed by atoms with Gasteiger partial charge in [0.05, 0.1) is 5.56 Å². The van der Waals surface area contributed by atoms with Crippen molar-refractivity contribution in [2.75, 3.05) is 11.1 Å². The third-order valence-electron chi connectivity index (χ3n) is 2.38. The third kappa shape index (κ3) is 2.73. The first kappa shape index (κ1) is 12.3. The number of benzene rings is 2. The summed E-state index contributed by atoms with van der Waals surface area (Å²) in [6.45, 7) is 0. The smallest absolute Gasteiger partial charge is 0.257 e. The molecular weight excluding hydrogens is 252 g/mol. The normalized spacial score (nSPS) is 10.1. The number of amides is 1. The van der Waals surface area contributed by atoms with Crippen LogP contribution in [0.3, 0.4) is 0 Å². The van der Waals surface area contributed by atoms with Gasteiger partial charge in [-0.05, 0) is 42.5 Å². The van der Waals surface area contributed by atoms with Gasteiger partial charge in [-0.1, -0.05) is 11.6 Å². The lowest BCUT2D eigenvalue weighted by molar-refractivity contribution is 0.102. The minimum Gasteiger partial charge on any atom is -0.508 e. The van der Waals surface area contributed by atoms with E-state index in [4.69, 9.17) is 17.3 Å². The van der Waals surface area contributed by atoms with Crippen LogP contribution in [0.25, 0.3) is 0 Å². The molecule has 0 aliphatic heterocycles. The van der Waals surface area contributed by atoms with E-state index in [0.29, 0.717) is 16.4 Å². The van der Waals surface area contributed by atoms with Crippen LogP contribution in [0.1, 0.15) is 10.4 Å². The Morgan fingerprint density at radius 1 is 1.17 bits per heavy atom. The van der Waals surface area contributed by atoms with Gasteiger partial charge in [-0.3, -0.25) is 4.79 Å². The van der Waals surface area contributed by atoms with Gasteiger partial charge in [0.15, 0.2) is 0 Å². The topological polar surface area (TPSA) is 75.3 Å². The minimum atomic E-state index is -0.384.